The van der Waals surface area contributed by atoms with Crippen LogP contribution in [0.2, 0.25) is 0 Å². The van der Waals surface area contributed by atoms with Gasteiger partial charge in [-0.15, -0.1) is 0 Å². The van der Waals surface area contributed by atoms with Crippen LogP contribution in [0.4, 0.5) is 28.8 Å². The van der Waals surface area contributed by atoms with E-state index in [9.17, 15) is 76.7 Å². The van der Waals surface area contributed by atoms with E-state index < -0.39 is 199 Å². The summed E-state index contributed by atoms with van der Waals surface area (Å²) in [5.74, 6) is -9.84. The Labute approximate surface area is 704 Å². The third kappa shape index (κ3) is 30.7. The average molecular weight is 1760 g/mol. The number of rotatable bonds is 36. The van der Waals surface area contributed by atoms with Crippen LogP contribution in [0, 0.1) is 0 Å². The molecule has 678 valence electrons. The zero-order valence-electron chi connectivity index (χ0n) is 67.6. The van der Waals surface area contributed by atoms with E-state index in [4.69, 9.17) is 121 Å². The lowest BCUT2D eigenvalue weighted by molar-refractivity contribution is -0.148. The zero-order valence-corrected chi connectivity index (χ0v) is 67.6. The Morgan fingerprint density at radius 1 is 0.411 bits per heavy atom. The van der Waals surface area contributed by atoms with Crippen LogP contribution in [-0.4, -0.2) is 296 Å². The molecule has 51 nitrogen and oxygen atoms in total. The van der Waals surface area contributed by atoms with Gasteiger partial charge in [0.15, 0.2) is 72.8 Å². The van der Waals surface area contributed by atoms with Gasteiger partial charge in [0.25, 0.3) is 11.8 Å². The molecule has 15 atom stereocenters. The van der Waals surface area contributed by atoms with Gasteiger partial charge >= 0.3 is 66.6 Å². The lowest BCUT2D eigenvalue weighted by Gasteiger charge is -2.39. The van der Waals surface area contributed by atoms with Crippen molar-refractivity contribution >= 4 is 114 Å². The molecule has 0 radical (unpaired) electrons. The van der Waals surface area contributed by atoms with Gasteiger partial charge in [0.1, 0.15) is 19.8 Å². The highest BCUT2D eigenvalue weighted by Crippen LogP contribution is 2.33. The molecule has 6 aliphatic heterocycles. The number of aromatic carboxylic acids is 2. The number of carboxylic acids is 2. The molecule has 8 amide bonds. The molecule has 0 spiro atoms. The fourth-order valence-corrected chi connectivity index (χ4v) is 12.3. The molecule has 0 bridgehead atoms. The number of aliphatic imine (C=N–C) groups is 3. The highest BCUT2D eigenvalue weighted by Gasteiger charge is 2.54. The summed E-state index contributed by atoms with van der Waals surface area (Å²) in [5.41, 5.74) is 39.3. The molecule has 0 unspecified atom stereocenters. The number of benzene rings is 2. The van der Waals surface area contributed by atoms with E-state index in [0.29, 0.717) is 45.1 Å². The summed E-state index contributed by atoms with van der Waals surface area (Å²) < 4.78 is 78.8. The molecule has 24 N–H and O–H groups in total. The number of methoxy groups -OCH3 is 3. The van der Waals surface area contributed by atoms with Crippen molar-refractivity contribution in [1.29, 1.82) is 0 Å². The number of nitrogens with one attached hydrogen (secondary N) is 8. The average Bonchev–Trinajstić information content (AvgIpc) is 1.23. The number of esters is 3. The summed E-state index contributed by atoms with van der Waals surface area (Å²) in [5, 5.41) is 38.0. The molecule has 2 aromatic rings. The van der Waals surface area contributed by atoms with Crippen LogP contribution in [0.25, 0.3) is 0 Å². The van der Waals surface area contributed by atoms with Gasteiger partial charge < -0.3 is 164 Å². The summed E-state index contributed by atoms with van der Waals surface area (Å²) in [6.45, 7) is 3.71. The minimum atomic E-state index is -1.50. The Bertz CT molecular complexity index is 4200. The molecule has 2 aromatic carbocycles. The maximum absolute atomic E-state index is 13.2. The summed E-state index contributed by atoms with van der Waals surface area (Å²) in [6.07, 6.45) is -11.8. The summed E-state index contributed by atoms with van der Waals surface area (Å²) in [6, 6.07) is 4.51. The van der Waals surface area contributed by atoms with Gasteiger partial charge in [0.05, 0.1) is 68.7 Å². The summed E-state index contributed by atoms with van der Waals surface area (Å²) >= 11 is 0. The first-order valence-electron chi connectivity index (χ1n) is 37.7. The fourth-order valence-electron chi connectivity index (χ4n) is 12.3. The standard InChI is InChI=1S/C46H62N12O20.C19H30N6O9.C8H6O4/c1-21(59)55-31-25(57-41(47)48)17-27(39(63)69-3)73-35(31)33(29-19-71-45(67)75-29)77-43(65)53-14-7-5-12-51-37(61)23-10-9-11-24(16-23)38(62)52-13-6-8-15-54-44(66)78-34(30-20-72-46(68)76-30)36-32(56-22(2)60)26(58-42(49)50)18-28(74-36)40(64)70-4;1-9(26)24-13-10(25-17(21)22)7-11(16(27)30-2)32-15(13)14(12-8-31-19(29)33-12)34-18(28)23-6-4-3-5-20;9-7(10)5-2-1-3-6(4-5)8(11)12/h9-11,16-18,25-26,29-36H,5-8,12-15,19-20H2,1-4H3,(H,51,61)(H,52,62)(H,53,65)(H,54,66)(H,55,59)(H,56,60)(H4,47,48,57)(H4,49,50,58);7,10,12-15H,3-6,8,20H2,1-2H3,(H,23,28)(H,24,26)(H4,21,22,25);1-4H,(H,9,10)(H,11,12)/t25-,26-,29+,30+,31+,32+,33+,34+,35+,36+;10-,12+,13+,14+,15+;/m00./s1. The van der Waals surface area contributed by atoms with Gasteiger partial charge in [-0.25, -0.2) is 67.7 Å². The number of unbranched alkanes of at least 4 members (excludes halogenated alkanes) is 3. The third-order valence-corrected chi connectivity index (χ3v) is 17.7. The van der Waals surface area contributed by atoms with Crippen molar-refractivity contribution < 1.29 is 158 Å². The number of carboxylic acid groups (broad SMARTS) is 2. The topological polar surface area (TPSA) is 767 Å². The first-order valence-corrected chi connectivity index (χ1v) is 37.7. The maximum Gasteiger partial charge on any atom is 0.508 e. The molecule has 3 fully saturated rings. The quantitative estimate of drug-likeness (QED) is 0.0102. The maximum atomic E-state index is 13.2. The van der Waals surface area contributed by atoms with E-state index >= 15 is 0 Å². The Balaban J connectivity index is 0.000000420. The highest BCUT2D eigenvalue weighted by atomic mass is 16.8. The number of alkyl carbamates (subject to hydrolysis) is 3. The van der Waals surface area contributed by atoms with E-state index in [0.717, 1.165) is 27.4 Å². The highest BCUT2D eigenvalue weighted by molar-refractivity contribution is 6.00. The molecular weight excluding hydrogens is 1660 g/mol. The van der Waals surface area contributed by atoms with Gasteiger partial charge in [-0.2, -0.15) is 0 Å². The lowest BCUT2D eigenvalue weighted by atomic mass is 9.92. The number of nitrogens with two attached hydrogens (primary N) is 7. The van der Waals surface area contributed by atoms with E-state index in [1.807, 2.05) is 0 Å². The Hall–Kier alpha value is -14.8. The molecule has 6 heterocycles. The number of cyclic esters (lactones) is 6. The number of amides is 8. The Morgan fingerprint density at radius 2 is 0.677 bits per heavy atom. The number of guanidine groups is 3. The second-order valence-corrected chi connectivity index (χ2v) is 26.9. The van der Waals surface area contributed by atoms with Crippen LogP contribution in [0.15, 0.2) is 99.0 Å². The molecule has 124 heavy (non-hydrogen) atoms. The normalized spacial score (nSPS) is 21.9. The molecule has 3 saturated heterocycles. The van der Waals surface area contributed by atoms with E-state index in [1.165, 1.54) is 81.5 Å². The van der Waals surface area contributed by atoms with E-state index in [2.05, 4.69) is 57.5 Å². The molecule has 0 aliphatic carbocycles. The first-order chi connectivity index (χ1) is 58.9. The largest absolute Gasteiger partial charge is 0.508 e. The minimum Gasteiger partial charge on any atom is -0.478 e. The van der Waals surface area contributed by atoms with Crippen LogP contribution in [0.5, 0.6) is 0 Å². The van der Waals surface area contributed by atoms with Gasteiger partial charge in [0.2, 0.25) is 35.0 Å². The number of hydrogen-bond donors (Lipinski definition) is 17. The van der Waals surface area contributed by atoms with Crippen molar-refractivity contribution in [2.24, 2.45) is 55.1 Å². The number of nitrogens with zero attached hydrogens (tertiary/aromatic N) is 3. The van der Waals surface area contributed by atoms with Crippen molar-refractivity contribution in [3.05, 3.63) is 106 Å². The minimum absolute atomic E-state index is 0.0186. The van der Waals surface area contributed by atoms with Crippen LogP contribution in [-0.2, 0) is 99.8 Å². The van der Waals surface area contributed by atoms with Crippen molar-refractivity contribution in [1.82, 2.24) is 42.5 Å². The summed E-state index contributed by atoms with van der Waals surface area (Å²) in [4.78, 5) is 207. The van der Waals surface area contributed by atoms with Crippen LogP contribution in [0.1, 0.15) is 101 Å². The predicted octanol–water partition coefficient (Wildman–Crippen LogP) is -3.79. The SMILES string of the molecule is COC(=O)C1=C[C@H](N=C(N)N)[C@@H](NC(C)=O)[C@H]([C@H](OC(=O)NCCCCN)[C@H]2COC(=O)O2)O1.COC(=O)C1=C[C@H](N=C(N)N)[C@@H](NC(C)=O)[C@H]([C@H](OC(=O)NCCCCNC(=O)c2cccc(C(=O)NCCCCNC(=O)O[C@@H]([C@@H]3OC(C(=O)OC)=C[C@H](N=C(N)N)[C@H]3NC(C)=O)[C@H]3COC(=O)O3)c2)[C@H]2COC(=O)O2)O1.O=C(O)c1cccc(C(=O)O)c1. The van der Waals surface area contributed by atoms with Gasteiger partial charge in [-0.3, -0.25) is 24.0 Å². The Morgan fingerprint density at radius 3 is 0.919 bits per heavy atom. The number of carbonyl (C=O) groups is 16. The fraction of sp³-hybridized carbons (Fsp3) is 0.493. The van der Waals surface area contributed by atoms with Gasteiger partial charge in [0, 0.05) is 64.6 Å². The van der Waals surface area contributed by atoms with Gasteiger partial charge in [-0.05, 0) is 99.7 Å². The molecule has 0 aromatic heterocycles. The second-order valence-electron chi connectivity index (χ2n) is 26.9. The van der Waals surface area contributed by atoms with Crippen molar-refractivity contribution in [2.75, 3.05) is 80.4 Å². The van der Waals surface area contributed by atoms with E-state index in [1.54, 1.807) is 0 Å². The van der Waals surface area contributed by atoms with Gasteiger partial charge in [-0.1, -0.05) is 12.1 Å². The molecule has 0 saturated carbocycles. The third-order valence-electron chi connectivity index (χ3n) is 17.7. The number of carbonyl (C=O) groups excluding carboxylic acids is 14. The van der Waals surface area contributed by atoms with Crippen LogP contribution in [0.3, 0.4) is 0 Å². The monoisotopic (exact) mass is 1750 g/mol. The zero-order chi connectivity index (χ0) is 91.4. The predicted molar refractivity (Wildman–Crippen MR) is 418 cm³/mol. The Kier molecular flexibility index (Phi) is 38.3. The molecule has 8 rings (SSSR count). The first kappa shape index (κ1) is 98.0. The number of hydrogen-bond acceptors (Lipinski definition) is 35. The van der Waals surface area contributed by atoms with Crippen molar-refractivity contribution in [3.63, 3.8) is 0 Å². The number of ether oxygens (including phenoxy) is 15. The van der Waals surface area contributed by atoms with Crippen LogP contribution < -0.4 is 82.7 Å². The molecule has 6 aliphatic rings. The summed E-state index contributed by atoms with van der Waals surface area (Å²) in [7, 11) is 3.31. The van der Waals surface area contributed by atoms with E-state index in [-0.39, 0.29) is 98.0 Å². The smallest absolute Gasteiger partial charge is 0.478 e. The molecular formula is C73H98N18O33. The van der Waals surface area contributed by atoms with Crippen LogP contribution >= 0.6 is 0 Å². The van der Waals surface area contributed by atoms with Crippen molar-refractivity contribution in [3.8, 4) is 0 Å². The van der Waals surface area contributed by atoms with Crippen molar-refractivity contribution in [2.45, 2.75) is 150 Å². The lowest BCUT2D eigenvalue weighted by Crippen LogP contribution is -2.61. The molecule has 51 heteroatoms. The second kappa shape index (κ2) is 48.4.